The summed E-state index contributed by atoms with van der Waals surface area (Å²) < 4.78 is 4.66. The molecule has 0 fully saturated rings. The fourth-order valence-corrected chi connectivity index (χ4v) is 2.16. The van der Waals surface area contributed by atoms with Gasteiger partial charge in [0.15, 0.2) is 0 Å². The summed E-state index contributed by atoms with van der Waals surface area (Å²) in [4.78, 5) is 28.3. The lowest BCUT2D eigenvalue weighted by molar-refractivity contribution is -0.145. The van der Waals surface area contributed by atoms with Crippen molar-refractivity contribution in [2.45, 2.75) is 6.92 Å². The summed E-state index contributed by atoms with van der Waals surface area (Å²) in [6, 6.07) is 9.52. The highest BCUT2D eigenvalue weighted by atomic mass is 16.5. The first kappa shape index (κ1) is 14.1. The second-order valence-corrected chi connectivity index (χ2v) is 4.88. The highest BCUT2D eigenvalue weighted by molar-refractivity contribution is 5.98. The van der Waals surface area contributed by atoms with E-state index in [4.69, 9.17) is 0 Å². The second-order valence-electron chi connectivity index (χ2n) is 4.88. The summed E-state index contributed by atoms with van der Waals surface area (Å²) in [5.41, 5.74) is 1.44. The minimum Gasteiger partial charge on any atom is -0.469 e. The molecule has 0 saturated heterocycles. The molecule has 0 radical (unpaired) electrons. The van der Waals surface area contributed by atoms with Crippen LogP contribution in [0.25, 0.3) is 10.9 Å². The fraction of sp³-hybridized carbons (Fsp3) is 0.333. The molecule has 1 heterocycles. The third-order valence-corrected chi connectivity index (χ3v) is 3.26. The maximum absolute atomic E-state index is 12.3. The highest BCUT2D eigenvalue weighted by Crippen LogP contribution is 2.16. The van der Waals surface area contributed by atoms with Crippen LogP contribution in [0.4, 0.5) is 0 Å². The number of H-pyrrole nitrogens is 1. The molecule has 2 rings (SSSR count). The highest BCUT2D eigenvalue weighted by Gasteiger charge is 2.20. The van der Waals surface area contributed by atoms with Crippen molar-refractivity contribution in [1.29, 1.82) is 0 Å². The Morgan fingerprint density at radius 1 is 1.35 bits per heavy atom. The van der Waals surface area contributed by atoms with E-state index in [2.05, 4.69) is 9.72 Å². The van der Waals surface area contributed by atoms with Crippen LogP contribution in [0, 0.1) is 5.92 Å². The lowest BCUT2D eigenvalue weighted by Gasteiger charge is -2.19. The molecule has 106 valence electrons. The fourth-order valence-electron chi connectivity index (χ4n) is 2.16. The molecule has 0 spiro atoms. The van der Waals surface area contributed by atoms with E-state index in [0.29, 0.717) is 12.2 Å². The Bertz CT molecular complexity index is 600. The molecule has 0 aliphatic heterocycles. The van der Waals surface area contributed by atoms with Gasteiger partial charge in [-0.1, -0.05) is 25.1 Å². The summed E-state index contributed by atoms with van der Waals surface area (Å²) in [5.74, 6) is -0.809. The Balaban J connectivity index is 2.12. The number of benzene rings is 1. The Hall–Kier alpha value is -2.30. The summed E-state index contributed by atoms with van der Waals surface area (Å²) >= 11 is 0. The third-order valence-electron chi connectivity index (χ3n) is 3.26. The molecule has 0 aliphatic carbocycles. The summed E-state index contributed by atoms with van der Waals surface area (Å²) in [5, 5.41) is 0.991. The number of hydrogen-bond acceptors (Lipinski definition) is 3. The van der Waals surface area contributed by atoms with Crippen LogP contribution in [0.15, 0.2) is 30.3 Å². The number of rotatable bonds is 4. The topological polar surface area (TPSA) is 62.4 Å². The molecule has 1 aromatic heterocycles. The molecular formula is C15H18N2O3. The SMILES string of the molecule is COC(=O)C(C)CN(C)C(=O)c1cc2ccccc2[nH]1. The zero-order chi connectivity index (χ0) is 14.7. The van der Waals surface area contributed by atoms with Gasteiger partial charge in [-0.25, -0.2) is 0 Å². The Morgan fingerprint density at radius 3 is 2.70 bits per heavy atom. The van der Waals surface area contributed by atoms with E-state index in [1.807, 2.05) is 30.3 Å². The van der Waals surface area contributed by atoms with Crippen molar-refractivity contribution in [1.82, 2.24) is 9.88 Å². The van der Waals surface area contributed by atoms with Gasteiger partial charge in [0.25, 0.3) is 5.91 Å². The van der Waals surface area contributed by atoms with Gasteiger partial charge in [-0.3, -0.25) is 9.59 Å². The molecule has 0 bridgehead atoms. The number of fused-ring (bicyclic) bond motifs is 1. The van der Waals surface area contributed by atoms with Gasteiger partial charge in [-0.05, 0) is 12.1 Å². The number of nitrogens with zero attached hydrogens (tertiary/aromatic N) is 1. The van der Waals surface area contributed by atoms with E-state index in [-0.39, 0.29) is 17.8 Å². The molecule has 1 aromatic carbocycles. The van der Waals surface area contributed by atoms with Gasteiger partial charge in [0.1, 0.15) is 5.69 Å². The Labute approximate surface area is 117 Å². The Morgan fingerprint density at radius 2 is 2.05 bits per heavy atom. The normalized spacial score (nSPS) is 12.2. The lowest BCUT2D eigenvalue weighted by Crippen LogP contribution is -2.34. The van der Waals surface area contributed by atoms with Crippen LogP contribution in [-0.2, 0) is 9.53 Å². The minimum atomic E-state index is -0.349. The number of para-hydroxylation sites is 1. The molecule has 1 unspecified atom stereocenters. The average molecular weight is 274 g/mol. The van der Waals surface area contributed by atoms with Gasteiger partial charge in [-0.2, -0.15) is 0 Å². The summed E-state index contributed by atoms with van der Waals surface area (Å²) in [6.07, 6.45) is 0. The quantitative estimate of drug-likeness (QED) is 0.868. The molecule has 5 heteroatoms. The van der Waals surface area contributed by atoms with Crippen molar-refractivity contribution in [3.63, 3.8) is 0 Å². The van der Waals surface area contributed by atoms with Crippen molar-refractivity contribution in [3.05, 3.63) is 36.0 Å². The third kappa shape index (κ3) is 2.82. The molecule has 20 heavy (non-hydrogen) atoms. The monoisotopic (exact) mass is 274 g/mol. The van der Waals surface area contributed by atoms with Crippen LogP contribution in [-0.4, -0.2) is 42.5 Å². The molecule has 2 aromatic rings. The summed E-state index contributed by atoms with van der Waals surface area (Å²) in [7, 11) is 3.02. The zero-order valence-corrected chi connectivity index (χ0v) is 11.8. The average Bonchev–Trinajstić information content (AvgIpc) is 2.89. The van der Waals surface area contributed by atoms with Gasteiger partial charge in [0.05, 0.1) is 13.0 Å². The molecule has 0 saturated carbocycles. The predicted octanol–water partition coefficient (Wildman–Crippen LogP) is 2.05. The molecule has 1 N–H and O–H groups in total. The van der Waals surface area contributed by atoms with Crippen LogP contribution in [0.2, 0.25) is 0 Å². The smallest absolute Gasteiger partial charge is 0.310 e. The molecule has 1 atom stereocenters. The van der Waals surface area contributed by atoms with Crippen LogP contribution < -0.4 is 0 Å². The predicted molar refractivity (Wildman–Crippen MR) is 76.4 cm³/mol. The first-order chi connectivity index (χ1) is 9.52. The van der Waals surface area contributed by atoms with Crippen molar-refractivity contribution >= 4 is 22.8 Å². The number of esters is 1. The van der Waals surface area contributed by atoms with Gasteiger partial charge in [0, 0.05) is 24.5 Å². The zero-order valence-electron chi connectivity index (χ0n) is 11.8. The van der Waals surface area contributed by atoms with E-state index in [1.54, 1.807) is 14.0 Å². The minimum absolute atomic E-state index is 0.142. The largest absolute Gasteiger partial charge is 0.469 e. The number of ether oxygens (including phenoxy) is 1. The number of aromatic nitrogens is 1. The molecule has 0 aliphatic rings. The first-order valence-corrected chi connectivity index (χ1v) is 6.44. The van der Waals surface area contributed by atoms with E-state index < -0.39 is 0 Å². The standard InChI is InChI=1S/C15H18N2O3/c1-10(15(19)20-3)9-17(2)14(18)13-8-11-6-4-5-7-12(11)16-13/h4-8,10,16H,9H2,1-3H3. The number of nitrogens with one attached hydrogen (secondary N) is 1. The van der Waals surface area contributed by atoms with Crippen LogP contribution in [0.5, 0.6) is 0 Å². The number of carbonyl (C=O) groups is 2. The molecule has 5 nitrogen and oxygen atoms in total. The maximum atomic E-state index is 12.3. The van der Waals surface area contributed by atoms with Gasteiger partial charge in [-0.15, -0.1) is 0 Å². The molecular weight excluding hydrogens is 256 g/mol. The maximum Gasteiger partial charge on any atom is 0.310 e. The van der Waals surface area contributed by atoms with Crippen molar-refractivity contribution < 1.29 is 14.3 Å². The first-order valence-electron chi connectivity index (χ1n) is 6.44. The van der Waals surface area contributed by atoms with E-state index in [0.717, 1.165) is 10.9 Å². The number of carbonyl (C=O) groups excluding carboxylic acids is 2. The number of hydrogen-bond donors (Lipinski definition) is 1. The van der Waals surface area contributed by atoms with Gasteiger partial charge < -0.3 is 14.6 Å². The van der Waals surface area contributed by atoms with E-state index >= 15 is 0 Å². The number of methoxy groups -OCH3 is 1. The van der Waals surface area contributed by atoms with Crippen molar-refractivity contribution in [2.75, 3.05) is 20.7 Å². The second kappa shape index (κ2) is 5.77. The van der Waals surface area contributed by atoms with Crippen LogP contribution >= 0.6 is 0 Å². The van der Waals surface area contributed by atoms with Crippen molar-refractivity contribution in [3.8, 4) is 0 Å². The van der Waals surface area contributed by atoms with Crippen molar-refractivity contribution in [2.24, 2.45) is 5.92 Å². The summed E-state index contributed by atoms with van der Waals surface area (Å²) in [6.45, 7) is 2.06. The molecule has 1 amide bonds. The van der Waals surface area contributed by atoms with E-state index in [1.165, 1.54) is 12.0 Å². The van der Waals surface area contributed by atoms with E-state index in [9.17, 15) is 9.59 Å². The number of aromatic amines is 1. The van der Waals surface area contributed by atoms with Crippen LogP contribution in [0.1, 0.15) is 17.4 Å². The number of amides is 1. The van der Waals surface area contributed by atoms with Gasteiger partial charge in [0.2, 0.25) is 0 Å². The lowest BCUT2D eigenvalue weighted by atomic mass is 10.1. The van der Waals surface area contributed by atoms with Gasteiger partial charge >= 0.3 is 5.97 Å². The Kier molecular flexibility index (Phi) is 4.08. The van der Waals surface area contributed by atoms with Crippen LogP contribution in [0.3, 0.4) is 0 Å².